The third-order valence-corrected chi connectivity index (χ3v) is 6.34. The van der Waals surface area contributed by atoms with Crippen LogP contribution < -0.4 is 4.74 Å². The maximum atomic E-state index is 12.9. The van der Waals surface area contributed by atoms with Crippen LogP contribution >= 0.6 is 0 Å². The molecule has 0 spiro atoms. The summed E-state index contributed by atoms with van der Waals surface area (Å²) in [5.74, 6) is -0.899. The largest absolute Gasteiger partial charge is 0.496 e. The van der Waals surface area contributed by atoms with Gasteiger partial charge in [-0.3, -0.25) is 4.79 Å². The molecule has 0 amide bonds. The Morgan fingerprint density at radius 3 is 2.27 bits per heavy atom. The molecule has 1 unspecified atom stereocenters. The van der Waals surface area contributed by atoms with Gasteiger partial charge < -0.3 is 9.47 Å². The first kappa shape index (κ1) is 20.4. The molecular weight excluding hydrogens is 358 g/mol. The summed E-state index contributed by atoms with van der Waals surface area (Å²) in [6, 6.07) is 4.11. The van der Waals surface area contributed by atoms with E-state index in [1.807, 2.05) is 0 Å². The molecule has 0 bridgehead atoms. The van der Waals surface area contributed by atoms with Crippen molar-refractivity contribution in [3.05, 3.63) is 23.8 Å². The second kappa shape index (κ2) is 8.64. The third-order valence-electron chi connectivity index (χ3n) is 4.45. The van der Waals surface area contributed by atoms with E-state index < -0.39 is 22.1 Å². The molecule has 1 atom stereocenters. The summed E-state index contributed by atoms with van der Waals surface area (Å²) < 4.78 is 37.5. The van der Waals surface area contributed by atoms with Gasteiger partial charge in [-0.25, -0.2) is 13.2 Å². The van der Waals surface area contributed by atoms with Gasteiger partial charge in [-0.05, 0) is 44.9 Å². The van der Waals surface area contributed by atoms with Crippen molar-refractivity contribution in [1.29, 1.82) is 0 Å². The van der Waals surface area contributed by atoms with Gasteiger partial charge >= 0.3 is 5.97 Å². The molecule has 7 nitrogen and oxygen atoms in total. The first-order chi connectivity index (χ1) is 12.3. The molecule has 2 rings (SSSR count). The van der Waals surface area contributed by atoms with E-state index in [9.17, 15) is 18.0 Å². The van der Waals surface area contributed by atoms with E-state index in [2.05, 4.69) is 0 Å². The zero-order valence-corrected chi connectivity index (χ0v) is 16.2. The molecule has 0 radical (unpaired) electrons. The summed E-state index contributed by atoms with van der Waals surface area (Å²) in [4.78, 5) is 23.7. The Morgan fingerprint density at radius 1 is 1.12 bits per heavy atom. The highest BCUT2D eigenvalue weighted by Gasteiger charge is 2.28. The Labute approximate surface area is 154 Å². The van der Waals surface area contributed by atoms with E-state index in [1.54, 1.807) is 0 Å². The highest BCUT2D eigenvalue weighted by molar-refractivity contribution is 7.89. The number of ether oxygens (including phenoxy) is 2. The van der Waals surface area contributed by atoms with Crippen LogP contribution in [-0.4, -0.2) is 50.8 Å². The topological polar surface area (TPSA) is 90.0 Å². The lowest BCUT2D eigenvalue weighted by Gasteiger charge is -2.21. The zero-order chi connectivity index (χ0) is 19.3. The minimum absolute atomic E-state index is 0.0163. The number of Topliss-reactive ketones (excluding diaryl/α,β-unsaturated/α-hetero) is 1. The van der Waals surface area contributed by atoms with E-state index in [4.69, 9.17) is 9.47 Å². The van der Waals surface area contributed by atoms with Crippen molar-refractivity contribution in [2.75, 3.05) is 20.2 Å². The Hall–Kier alpha value is -1.93. The predicted octanol–water partition coefficient (Wildman–Crippen LogP) is 2.39. The maximum absolute atomic E-state index is 12.9. The molecule has 1 aromatic carbocycles. The number of esters is 1. The Bertz CT molecular complexity index is 766. The molecule has 1 saturated heterocycles. The molecule has 0 aliphatic carbocycles. The van der Waals surface area contributed by atoms with Crippen molar-refractivity contribution in [2.45, 2.75) is 50.5 Å². The molecule has 0 saturated carbocycles. The summed E-state index contributed by atoms with van der Waals surface area (Å²) in [6.45, 7) is 3.71. The molecule has 1 fully saturated rings. The number of hydrogen-bond acceptors (Lipinski definition) is 6. The van der Waals surface area contributed by atoms with Gasteiger partial charge in [0, 0.05) is 13.1 Å². The minimum Gasteiger partial charge on any atom is -0.496 e. The second-order valence-electron chi connectivity index (χ2n) is 6.34. The number of sulfonamides is 1. The van der Waals surface area contributed by atoms with Gasteiger partial charge in [-0.2, -0.15) is 4.31 Å². The maximum Gasteiger partial charge on any atom is 0.342 e. The van der Waals surface area contributed by atoms with Crippen LogP contribution in [0, 0.1) is 0 Å². The number of carbonyl (C=O) groups excluding carboxylic acids is 2. The van der Waals surface area contributed by atoms with Gasteiger partial charge in [0.25, 0.3) is 0 Å². The average molecular weight is 383 g/mol. The van der Waals surface area contributed by atoms with Crippen molar-refractivity contribution in [3.8, 4) is 5.75 Å². The highest BCUT2D eigenvalue weighted by Crippen LogP contribution is 2.27. The quantitative estimate of drug-likeness (QED) is 0.701. The zero-order valence-electron chi connectivity index (χ0n) is 15.4. The highest BCUT2D eigenvalue weighted by atomic mass is 32.2. The summed E-state index contributed by atoms with van der Waals surface area (Å²) in [7, 11) is -2.33. The molecule has 26 heavy (non-hydrogen) atoms. The fourth-order valence-electron chi connectivity index (χ4n) is 2.75. The molecule has 144 valence electrons. The third kappa shape index (κ3) is 4.62. The molecule has 0 aromatic heterocycles. The fourth-order valence-corrected chi connectivity index (χ4v) is 4.29. The lowest BCUT2D eigenvalue weighted by molar-refractivity contribution is -0.124. The molecule has 1 heterocycles. The fraction of sp³-hybridized carbons (Fsp3) is 0.556. The number of methoxy groups -OCH3 is 1. The van der Waals surface area contributed by atoms with Crippen LogP contribution in [0.25, 0.3) is 0 Å². The van der Waals surface area contributed by atoms with Crippen LogP contribution in [0.5, 0.6) is 5.75 Å². The van der Waals surface area contributed by atoms with E-state index in [1.165, 1.54) is 43.5 Å². The van der Waals surface area contributed by atoms with Crippen LogP contribution in [0.3, 0.4) is 0 Å². The Morgan fingerprint density at radius 2 is 1.73 bits per heavy atom. The molecular formula is C18H25NO6S. The van der Waals surface area contributed by atoms with Crippen molar-refractivity contribution in [2.24, 2.45) is 0 Å². The molecule has 1 aromatic rings. The summed E-state index contributed by atoms with van der Waals surface area (Å²) in [5, 5.41) is 0. The van der Waals surface area contributed by atoms with E-state index in [0.29, 0.717) is 13.1 Å². The predicted molar refractivity (Wildman–Crippen MR) is 95.8 cm³/mol. The van der Waals surface area contributed by atoms with Gasteiger partial charge in [0.2, 0.25) is 10.0 Å². The Kier molecular flexibility index (Phi) is 6.77. The molecule has 0 N–H and O–H groups in total. The summed E-state index contributed by atoms with van der Waals surface area (Å²) >= 11 is 0. The van der Waals surface area contributed by atoms with Gasteiger partial charge in [-0.15, -0.1) is 0 Å². The second-order valence-corrected chi connectivity index (χ2v) is 8.28. The van der Waals surface area contributed by atoms with Crippen LogP contribution in [0.15, 0.2) is 23.1 Å². The van der Waals surface area contributed by atoms with E-state index >= 15 is 0 Å². The van der Waals surface area contributed by atoms with Gasteiger partial charge in [0.05, 0.1) is 12.0 Å². The van der Waals surface area contributed by atoms with Crippen LogP contribution in [0.1, 0.15) is 49.9 Å². The van der Waals surface area contributed by atoms with E-state index in [0.717, 1.165) is 25.7 Å². The smallest absolute Gasteiger partial charge is 0.342 e. The first-order valence-electron chi connectivity index (χ1n) is 8.67. The number of nitrogens with zero attached hydrogens (tertiary/aromatic N) is 1. The van der Waals surface area contributed by atoms with Crippen molar-refractivity contribution in [3.63, 3.8) is 0 Å². The van der Waals surface area contributed by atoms with Crippen molar-refractivity contribution >= 4 is 21.8 Å². The van der Waals surface area contributed by atoms with Crippen molar-refractivity contribution < 1.29 is 27.5 Å². The summed E-state index contributed by atoms with van der Waals surface area (Å²) in [5.41, 5.74) is -0.0171. The number of carbonyl (C=O) groups is 2. The number of ketones is 1. The van der Waals surface area contributed by atoms with Crippen LogP contribution in [0.4, 0.5) is 0 Å². The van der Waals surface area contributed by atoms with Gasteiger partial charge in [0.15, 0.2) is 11.9 Å². The lowest BCUT2D eigenvalue weighted by Crippen LogP contribution is -2.32. The monoisotopic (exact) mass is 383 g/mol. The normalized spacial score (nSPS) is 17.2. The molecule has 1 aliphatic rings. The number of rotatable bonds is 6. The van der Waals surface area contributed by atoms with E-state index in [-0.39, 0.29) is 22.0 Å². The minimum atomic E-state index is -3.71. The number of benzene rings is 1. The number of hydrogen-bond donors (Lipinski definition) is 0. The van der Waals surface area contributed by atoms with Gasteiger partial charge in [-0.1, -0.05) is 12.8 Å². The lowest BCUT2D eigenvalue weighted by atomic mass is 10.2. The average Bonchev–Trinajstić information content (AvgIpc) is 2.90. The summed E-state index contributed by atoms with van der Waals surface area (Å²) in [6.07, 6.45) is 2.74. The van der Waals surface area contributed by atoms with Crippen molar-refractivity contribution in [1.82, 2.24) is 4.31 Å². The first-order valence-corrected chi connectivity index (χ1v) is 10.1. The molecule has 1 aliphatic heterocycles. The van der Waals surface area contributed by atoms with Gasteiger partial charge in [0.1, 0.15) is 11.3 Å². The molecule has 8 heteroatoms. The Balaban J connectivity index is 2.36. The SMILES string of the molecule is COc1ccc(S(=O)(=O)N2CCCCCC2)cc1C(=O)OC(C)C(C)=O. The van der Waals surface area contributed by atoms with Crippen LogP contribution in [0.2, 0.25) is 0 Å². The standard InChI is InChI=1S/C18H25NO6S/c1-13(20)14(2)25-18(21)16-12-15(8-9-17(16)24-3)26(22,23)19-10-6-4-5-7-11-19/h8-9,12,14H,4-7,10-11H2,1-3H3. The van der Waals surface area contributed by atoms with Crippen LogP contribution in [-0.2, 0) is 19.6 Å².